The fourth-order valence-electron chi connectivity index (χ4n) is 2.82. The fraction of sp³-hybridized carbons (Fsp3) is 0.529. The van der Waals surface area contributed by atoms with E-state index in [9.17, 15) is 0 Å². The molecule has 0 radical (unpaired) electrons. The highest BCUT2D eigenvalue weighted by atomic mass is 16.5. The van der Waals surface area contributed by atoms with Gasteiger partial charge in [0.15, 0.2) is 5.82 Å². The number of piperazine rings is 1. The molecule has 0 bridgehead atoms. The Morgan fingerprint density at radius 1 is 1.32 bits per heavy atom. The number of rotatable bonds is 6. The average Bonchev–Trinajstić information content (AvgIpc) is 3.11. The van der Waals surface area contributed by atoms with Crippen molar-refractivity contribution >= 4 is 5.69 Å². The van der Waals surface area contributed by atoms with Gasteiger partial charge in [-0.05, 0) is 26.0 Å². The molecule has 3 heterocycles. The lowest BCUT2D eigenvalue weighted by molar-refractivity contribution is 0.0683. The number of nitrogens with zero attached hydrogens (tertiary/aromatic N) is 6. The summed E-state index contributed by atoms with van der Waals surface area (Å²) in [6, 6.07) is 5.74. The SMILES string of the molecule is CCOC(C)c1noc(CN2CCN(c3ccc(C#N)nc3)CC2)n1. The summed E-state index contributed by atoms with van der Waals surface area (Å²) in [5.74, 6) is 1.22. The number of pyridine rings is 1. The van der Waals surface area contributed by atoms with E-state index in [2.05, 4.69) is 24.9 Å². The summed E-state index contributed by atoms with van der Waals surface area (Å²) >= 11 is 0. The molecule has 1 atom stereocenters. The smallest absolute Gasteiger partial charge is 0.240 e. The first-order valence-electron chi connectivity index (χ1n) is 8.47. The Kier molecular flexibility index (Phi) is 5.58. The van der Waals surface area contributed by atoms with Gasteiger partial charge in [0, 0.05) is 32.8 Å². The van der Waals surface area contributed by atoms with Crippen LogP contribution in [0.5, 0.6) is 0 Å². The number of anilines is 1. The first-order valence-corrected chi connectivity index (χ1v) is 8.47. The maximum atomic E-state index is 8.82. The van der Waals surface area contributed by atoms with Gasteiger partial charge < -0.3 is 14.2 Å². The predicted octanol–water partition coefficient (Wildman–Crippen LogP) is 1.76. The Hall–Kier alpha value is -2.50. The van der Waals surface area contributed by atoms with Crippen LogP contribution in [0.25, 0.3) is 0 Å². The van der Waals surface area contributed by atoms with Crippen molar-refractivity contribution in [3.05, 3.63) is 35.7 Å². The highest BCUT2D eigenvalue weighted by Crippen LogP contribution is 2.17. The largest absolute Gasteiger partial charge is 0.371 e. The van der Waals surface area contributed by atoms with E-state index in [0.29, 0.717) is 30.6 Å². The van der Waals surface area contributed by atoms with E-state index in [1.807, 2.05) is 26.0 Å². The van der Waals surface area contributed by atoms with Crippen molar-refractivity contribution in [2.24, 2.45) is 0 Å². The van der Waals surface area contributed by atoms with Gasteiger partial charge in [-0.1, -0.05) is 5.16 Å². The van der Waals surface area contributed by atoms with E-state index < -0.39 is 0 Å². The molecule has 1 fully saturated rings. The molecule has 2 aromatic heterocycles. The van der Waals surface area contributed by atoms with Crippen molar-refractivity contribution in [1.82, 2.24) is 20.0 Å². The molecule has 1 unspecified atom stereocenters. The van der Waals surface area contributed by atoms with Gasteiger partial charge in [0.2, 0.25) is 5.89 Å². The summed E-state index contributed by atoms with van der Waals surface area (Å²) in [6.07, 6.45) is 1.61. The van der Waals surface area contributed by atoms with Crippen LogP contribution < -0.4 is 4.90 Å². The quantitative estimate of drug-likeness (QED) is 0.784. The third-order valence-corrected chi connectivity index (χ3v) is 4.22. The molecule has 1 saturated heterocycles. The molecule has 8 heteroatoms. The molecule has 0 spiro atoms. The van der Waals surface area contributed by atoms with Gasteiger partial charge in [-0.3, -0.25) is 4.90 Å². The molecule has 3 rings (SSSR count). The van der Waals surface area contributed by atoms with E-state index in [1.165, 1.54) is 0 Å². The zero-order valence-electron chi connectivity index (χ0n) is 14.6. The van der Waals surface area contributed by atoms with Crippen LogP contribution in [0.15, 0.2) is 22.9 Å². The Labute approximate surface area is 147 Å². The zero-order valence-corrected chi connectivity index (χ0v) is 14.6. The van der Waals surface area contributed by atoms with Crippen LogP contribution in [-0.2, 0) is 11.3 Å². The molecule has 25 heavy (non-hydrogen) atoms. The summed E-state index contributed by atoms with van der Waals surface area (Å²) in [7, 11) is 0. The lowest BCUT2D eigenvalue weighted by Gasteiger charge is -2.35. The van der Waals surface area contributed by atoms with Crippen LogP contribution in [0.2, 0.25) is 0 Å². The first kappa shape index (κ1) is 17.3. The highest BCUT2D eigenvalue weighted by molar-refractivity contribution is 5.46. The van der Waals surface area contributed by atoms with Gasteiger partial charge in [-0.25, -0.2) is 4.98 Å². The van der Waals surface area contributed by atoms with Crippen molar-refractivity contribution in [3.63, 3.8) is 0 Å². The molecule has 1 aliphatic heterocycles. The third kappa shape index (κ3) is 4.32. The number of aromatic nitrogens is 3. The number of ether oxygens (including phenoxy) is 1. The molecule has 8 nitrogen and oxygen atoms in total. The molecular weight excluding hydrogens is 320 g/mol. The fourth-order valence-corrected chi connectivity index (χ4v) is 2.82. The molecule has 1 aliphatic rings. The normalized spacial score (nSPS) is 16.6. The molecule has 0 aromatic carbocycles. The Morgan fingerprint density at radius 3 is 2.76 bits per heavy atom. The standard InChI is InChI=1S/C17H22N6O2/c1-3-24-13(2)17-20-16(25-21-17)12-22-6-8-23(9-7-22)15-5-4-14(10-18)19-11-15/h4-5,11,13H,3,6-9,12H2,1-2H3. The van der Waals surface area contributed by atoms with Gasteiger partial charge >= 0.3 is 0 Å². The Balaban J connectivity index is 1.51. The lowest BCUT2D eigenvalue weighted by atomic mass is 10.2. The second-order valence-corrected chi connectivity index (χ2v) is 5.92. The van der Waals surface area contributed by atoms with Crippen LogP contribution >= 0.6 is 0 Å². The minimum atomic E-state index is -0.150. The minimum Gasteiger partial charge on any atom is -0.371 e. The molecule has 0 saturated carbocycles. The molecule has 2 aromatic rings. The van der Waals surface area contributed by atoms with E-state index in [1.54, 1.807) is 12.3 Å². The molecule has 0 amide bonds. The topological polar surface area (TPSA) is 91.3 Å². The van der Waals surface area contributed by atoms with E-state index in [-0.39, 0.29) is 6.10 Å². The van der Waals surface area contributed by atoms with E-state index >= 15 is 0 Å². The van der Waals surface area contributed by atoms with E-state index in [0.717, 1.165) is 31.9 Å². The number of nitriles is 1. The highest BCUT2D eigenvalue weighted by Gasteiger charge is 2.21. The van der Waals surface area contributed by atoms with Crippen molar-refractivity contribution in [2.75, 3.05) is 37.7 Å². The second kappa shape index (κ2) is 8.05. The number of hydrogen-bond acceptors (Lipinski definition) is 8. The zero-order chi connectivity index (χ0) is 17.6. The summed E-state index contributed by atoms with van der Waals surface area (Å²) in [4.78, 5) is 13.1. The number of hydrogen-bond donors (Lipinski definition) is 0. The van der Waals surface area contributed by atoms with Crippen molar-refractivity contribution < 1.29 is 9.26 Å². The van der Waals surface area contributed by atoms with Crippen molar-refractivity contribution in [1.29, 1.82) is 5.26 Å². The first-order chi connectivity index (χ1) is 12.2. The van der Waals surface area contributed by atoms with Crippen molar-refractivity contribution in [2.45, 2.75) is 26.5 Å². The maximum absolute atomic E-state index is 8.82. The second-order valence-electron chi connectivity index (χ2n) is 5.92. The Bertz CT molecular complexity index is 715. The van der Waals surface area contributed by atoms with Crippen LogP contribution in [0.3, 0.4) is 0 Å². The monoisotopic (exact) mass is 342 g/mol. The molecule has 0 aliphatic carbocycles. The van der Waals surface area contributed by atoms with Crippen molar-refractivity contribution in [3.8, 4) is 6.07 Å². The van der Waals surface area contributed by atoms with Gasteiger partial charge in [0.05, 0.1) is 18.4 Å². The predicted molar refractivity (Wildman–Crippen MR) is 90.8 cm³/mol. The maximum Gasteiger partial charge on any atom is 0.240 e. The molecule has 0 N–H and O–H groups in total. The molecular formula is C17H22N6O2. The minimum absolute atomic E-state index is 0.150. The van der Waals surface area contributed by atoms with E-state index in [4.69, 9.17) is 14.5 Å². The summed E-state index contributed by atoms with van der Waals surface area (Å²) < 4.78 is 10.8. The summed E-state index contributed by atoms with van der Waals surface area (Å²) in [5.41, 5.74) is 1.49. The van der Waals surface area contributed by atoms with Gasteiger partial charge in [-0.15, -0.1) is 0 Å². The third-order valence-electron chi connectivity index (χ3n) is 4.22. The van der Waals surface area contributed by atoms with Gasteiger partial charge in [0.25, 0.3) is 0 Å². The lowest BCUT2D eigenvalue weighted by Crippen LogP contribution is -2.46. The summed E-state index contributed by atoms with van der Waals surface area (Å²) in [5, 5.41) is 12.8. The Morgan fingerprint density at radius 2 is 2.12 bits per heavy atom. The van der Waals surface area contributed by atoms with Crippen LogP contribution in [0.1, 0.15) is 37.4 Å². The van der Waals surface area contributed by atoms with Gasteiger partial charge in [0.1, 0.15) is 17.9 Å². The van der Waals surface area contributed by atoms with Crippen LogP contribution in [-0.4, -0.2) is 52.8 Å². The van der Waals surface area contributed by atoms with Crippen LogP contribution in [0, 0.1) is 11.3 Å². The van der Waals surface area contributed by atoms with Gasteiger partial charge in [-0.2, -0.15) is 10.2 Å². The average molecular weight is 342 g/mol. The summed E-state index contributed by atoms with van der Waals surface area (Å²) in [6.45, 7) is 8.72. The van der Waals surface area contributed by atoms with Crippen LogP contribution in [0.4, 0.5) is 5.69 Å². The molecule has 132 valence electrons.